The van der Waals surface area contributed by atoms with Crippen LogP contribution in [-0.4, -0.2) is 13.4 Å². The Hall–Kier alpha value is -3.45. The predicted octanol–water partition coefficient (Wildman–Crippen LogP) is 3.96. The van der Waals surface area contributed by atoms with Gasteiger partial charge in [0.1, 0.15) is 0 Å². The van der Waals surface area contributed by atoms with Gasteiger partial charge in [-0.05, 0) is 42.8 Å². The second-order valence-electron chi connectivity index (χ2n) is 6.24. The van der Waals surface area contributed by atoms with Gasteiger partial charge in [-0.3, -0.25) is 4.72 Å². The first kappa shape index (κ1) is 17.9. The molecule has 0 aliphatic carbocycles. The average Bonchev–Trinajstić information content (AvgIpc) is 2.68. The zero-order valence-corrected chi connectivity index (χ0v) is 15.7. The van der Waals surface area contributed by atoms with Crippen molar-refractivity contribution in [3.05, 3.63) is 88.8 Å². The van der Waals surface area contributed by atoms with Crippen molar-refractivity contribution in [2.45, 2.75) is 11.8 Å². The quantitative estimate of drug-likeness (QED) is 0.568. The minimum absolute atomic E-state index is 0.0479. The Kier molecular flexibility index (Phi) is 4.44. The van der Waals surface area contributed by atoms with Crippen LogP contribution in [0.3, 0.4) is 0 Å². The normalized spacial score (nSPS) is 11.5. The summed E-state index contributed by atoms with van der Waals surface area (Å²) in [4.78, 5) is 16.9. The van der Waals surface area contributed by atoms with Crippen LogP contribution in [0.25, 0.3) is 22.4 Å². The van der Waals surface area contributed by atoms with Gasteiger partial charge in [0.15, 0.2) is 0 Å². The molecular weight excluding hydrogens is 376 g/mol. The molecule has 140 valence electrons. The summed E-state index contributed by atoms with van der Waals surface area (Å²) in [6.45, 7) is 1.73. The van der Waals surface area contributed by atoms with Crippen molar-refractivity contribution in [3.63, 3.8) is 0 Å². The van der Waals surface area contributed by atoms with Gasteiger partial charge in [-0.2, -0.15) is 0 Å². The third-order valence-corrected chi connectivity index (χ3v) is 5.85. The predicted molar refractivity (Wildman–Crippen MR) is 108 cm³/mol. The Morgan fingerprint density at radius 1 is 0.893 bits per heavy atom. The van der Waals surface area contributed by atoms with Gasteiger partial charge in [0.25, 0.3) is 10.0 Å². The topological polar surface area (TPSA) is 89.3 Å². The van der Waals surface area contributed by atoms with Gasteiger partial charge in [0, 0.05) is 0 Å². The average molecular weight is 392 g/mol. The highest BCUT2D eigenvalue weighted by Crippen LogP contribution is 2.29. The molecule has 0 aliphatic rings. The lowest BCUT2D eigenvalue weighted by molar-refractivity contribution is 0.518. The number of aryl methyl sites for hydroxylation is 1. The van der Waals surface area contributed by atoms with Gasteiger partial charge in [-0.25, -0.2) is 18.2 Å². The van der Waals surface area contributed by atoms with Crippen LogP contribution in [0, 0.1) is 6.92 Å². The molecule has 1 heterocycles. The first-order valence-electron chi connectivity index (χ1n) is 8.53. The van der Waals surface area contributed by atoms with E-state index < -0.39 is 15.6 Å². The number of benzene rings is 3. The van der Waals surface area contributed by atoms with Gasteiger partial charge in [-0.15, -0.1) is 0 Å². The standard InChI is InChI=1S/C21H16N2O4S/c1-14-8-2-7-13-19(14)28(25,26)23-18-12-6-3-9-15(18)20-22-17-11-5-4-10-16(17)21(24)27-20/h2-13,23H,1H3. The van der Waals surface area contributed by atoms with E-state index in [-0.39, 0.29) is 16.5 Å². The first-order valence-corrected chi connectivity index (χ1v) is 10.0. The van der Waals surface area contributed by atoms with Crippen LogP contribution in [0.2, 0.25) is 0 Å². The molecule has 0 bridgehead atoms. The molecule has 6 nitrogen and oxygen atoms in total. The first-order chi connectivity index (χ1) is 13.5. The molecular formula is C21H16N2O4S. The van der Waals surface area contributed by atoms with E-state index in [2.05, 4.69) is 9.71 Å². The fourth-order valence-corrected chi connectivity index (χ4v) is 4.28. The Balaban J connectivity index is 1.83. The number of nitrogens with zero attached hydrogens (tertiary/aromatic N) is 1. The molecule has 7 heteroatoms. The van der Waals surface area contributed by atoms with E-state index in [9.17, 15) is 13.2 Å². The van der Waals surface area contributed by atoms with E-state index in [0.29, 0.717) is 22.0 Å². The highest BCUT2D eigenvalue weighted by Gasteiger charge is 2.20. The lowest BCUT2D eigenvalue weighted by Gasteiger charge is -2.13. The van der Waals surface area contributed by atoms with Crippen molar-refractivity contribution in [1.82, 2.24) is 4.98 Å². The zero-order chi connectivity index (χ0) is 19.7. The molecule has 0 aliphatic heterocycles. The maximum atomic E-state index is 12.9. The van der Waals surface area contributed by atoms with Crippen LogP contribution in [-0.2, 0) is 10.0 Å². The summed E-state index contributed by atoms with van der Waals surface area (Å²) < 4.78 is 33.7. The molecule has 0 atom stereocenters. The van der Waals surface area contributed by atoms with Crippen molar-refractivity contribution >= 4 is 26.6 Å². The molecule has 0 saturated carbocycles. The minimum atomic E-state index is -3.82. The molecule has 28 heavy (non-hydrogen) atoms. The van der Waals surface area contributed by atoms with E-state index in [0.717, 1.165) is 0 Å². The van der Waals surface area contributed by atoms with Crippen LogP contribution in [0.15, 0.2) is 86.9 Å². The van der Waals surface area contributed by atoms with Crippen molar-refractivity contribution in [1.29, 1.82) is 0 Å². The summed E-state index contributed by atoms with van der Waals surface area (Å²) in [6, 6.07) is 20.2. The van der Waals surface area contributed by atoms with E-state index in [1.165, 1.54) is 6.07 Å². The number of hydrogen-bond donors (Lipinski definition) is 1. The van der Waals surface area contributed by atoms with Gasteiger partial charge in [0.2, 0.25) is 5.89 Å². The molecule has 0 saturated heterocycles. The Bertz CT molecular complexity index is 1340. The molecule has 0 unspecified atom stereocenters. The summed E-state index contributed by atoms with van der Waals surface area (Å²) in [5.74, 6) is 0.0479. The molecule has 4 aromatic rings. The Labute approximate surface area is 161 Å². The summed E-state index contributed by atoms with van der Waals surface area (Å²) in [5.41, 5.74) is 1.23. The second kappa shape index (κ2) is 6.94. The Morgan fingerprint density at radius 3 is 2.39 bits per heavy atom. The van der Waals surface area contributed by atoms with Crippen LogP contribution in [0.4, 0.5) is 5.69 Å². The second-order valence-corrected chi connectivity index (χ2v) is 7.89. The van der Waals surface area contributed by atoms with Crippen LogP contribution in [0.5, 0.6) is 0 Å². The number of rotatable bonds is 4. The fourth-order valence-electron chi connectivity index (χ4n) is 2.95. The van der Waals surface area contributed by atoms with E-state index in [4.69, 9.17) is 4.42 Å². The number of fused-ring (bicyclic) bond motifs is 1. The largest absolute Gasteiger partial charge is 0.403 e. The van der Waals surface area contributed by atoms with Crippen LogP contribution >= 0.6 is 0 Å². The van der Waals surface area contributed by atoms with Crippen LogP contribution in [0.1, 0.15) is 5.56 Å². The summed E-state index contributed by atoms with van der Waals surface area (Å²) >= 11 is 0. The molecule has 1 aromatic heterocycles. The maximum absolute atomic E-state index is 12.9. The zero-order valence-electron chi connectivity index (χ0n) is 14.9. The maximum Gasteiger partial charge on any atom is 0.347 e. The number of hydrogen-bond acceptors (Lipinski definition) is 5. The van der Waals surface area contributed by atoms with E-state index >= 15 is 0 Å². The fraction of sp³-hybridized carbons (Fsp3) is 0.0476. The third kappa shape index (κ3) is 3.27. The molecule has 4 rings (SSSR count). The highest BCUT2D eigenvalue weighted by molar-refractivity contribution is 7.92. The molecule has 3 aromatic carbocycles. The highest BCUT2D eigenvalue weighted by atomic mass is 32.2. The number of anilines is 1. The monoisotopic (exact) mass is 392 g/mol. The lowest BCUT2D eigenvalue weighted by Crippen LogP contribution is -2.15. The summed E-state index contributed by atoms with van der Waals surface area (Å²) in [6.07, 6.45) is 0. The van der Waals surface area contributed by atoms with E-state index in [1.807, 2.05) is 0 Å². The van der Waals surface area contributed by atoms with Crippen molar-refractivity contribution in [2.24, 2.45) is 0 Å². The third-order valence-electron chi connectivity index (χ3n) is 4.32. The van der Waals surface area contributed by atoms with E-state index in [1.54, 1.807) is 73.7 Å². The molecule has 0 amide bonds. The summed E-state index contributed by atoms with van der Waals surface area (Å²) in [7, 11) is -3.82. The molecule has 1 N–H and O–H groups in total. The molecule has 0 fully saturated rings. The van der Waals surface area contributed by atoms with Crippen molar-refractivity contribution < 1.29 is 12.8 Å². The van der Waals surface area contributed by atoms with Gasteiger partial charge >= 0.3 is 5.63 Å². The number of sulfonamides is 1. The number of nitrogens with one attached hydrogen (secondary N) is 1. The number of para-hydroxylation sites is 2. The van der Waals surface area contributed by atoms with Gasteiger partial charge in [-0.1, -0.05) is 42.5 Å². The Morgan fingerprint density at radius 2 is 1.57 bits per heavy atom. The number of aromatic nitrogens is 1. The SMILES string of the molecule is Cc1ccccc1S(=O)(=O)Nc1ccccc1-c1nc2ccccc2c(=O)o1. The van der Waals surface area contributed by atoms with Crippen LogP contribution < -0.4 is 10.3 Å². The smallest absolute Gasteiger partial charge is 0.347 e. The van der Waals surface area contributed by atoms with Crippen molar-refractivity contribution in [3.8, 4) is 11.5 Å². The summed E-state index contributed by atoms with van der Waals surface area (Å²) in [5, 5.41) is 0.365. The molecule has 0 radical (unpaired) electrons. The van der Waals surface area contributed by atoms with Crippen molar-refractivity contribution in [2.75, 3.05) is 4.72 Å². The lowest BCUT2D eigenvalue weighted by atomic mass is 10.1. The minimum Gasteiger partial charge on any atom is -0.403 e. The van der Waals surface area contributed by atoms with Gasteiger partial charge < -0.3 is 4.42 Å². The van der Waals surface area contributed by atoms with Gasteiger partial charge in [0.05, 0.1) is 27.0 Å². The molecule has 0 spiro atoms.